The maximum absolute atomic E-state index is 14.4. The van der Waals surface area contributed by atoms with E-state index in [0.29, 0.717) is 13.1 Å². The predicted octanol–water partition coefficient (Wildman–Crippen LogP) is 5.48. The van der Waals surface area contributed by atoms with Gasteiger partial charge in [0.1, 0.15) is 35.1 Å². The number of esters is 4. The zero-order valence-electron chi connectivity index (χ0n) is 40.7. The molecule has 4 atom stereocenters. The zero-order chi connectivity index (χ0) is 49.6. The van der Waals surface area contributed by atoms with Crippen LogP contribution in [0.5, 0.6) is 0 Å². The van der Waals surface area contributed by atoms with E-state index in [4.69, 9.17) is 28.4 Å². The van der Waals surface area contributed by atoms with Crippen molar-refractivity contribution in [2.75, 3.05) is 79.0 Å². The van der Waals surface area contributed by atoms with Crippen molar-refractivity contribution in [3.8, 4) is 0 Å². The normalized spacial score (nSPS) is 15.2. The van der Waals surface area contributed by atoms with Crippen molar-refractivity contribution in [2.24, 2.45) is 10.8 Å². The molecule has 0 aliphatic rings. The van der Waals surface area contributed by atoms with Crippen LogP contribution in [0.25, 0.3) is 0 Å². The van der Waals surface area contributed by atoms with Gasteiger partial charge in [-0.3, -0.25) is 38.6 Å². The first-order valence-corrected chi connectivity index (χ1v) is 23.6. The summed E-state index contributed by atoms with van der Waals surface area (Å²) in [7, 11) is 0. The number of halogens is 4. The third kappa shape index (κ3) is 23.3. The Morgan fingerprint density at radius 2 is 0.750 bits per heavy atom. The summed E-state index contributed by atoms with van der Waals surface area (Å²) >= 11 is 6.84. The summed E-state index contributed by atoms with van der Waals surface area (Å²) in [6, 6.07) is 1.15. The maximum Gasteiger partial charge on any atom is 0.322 e. The lowest BCUT2D eigenvalue weighted by Crippen LogP contribution is -2.46. The average molecular weight is 1050 g/mol. The summed E-state index contributed by atoms with van der Waals surface area (Å²) in [5.74, 6) is -4.85. The summed E-state index contributed by atoms with van der Waals surface area (Å²) in [4.78, 5) is 79.9. The molecule has 374 valence electrons. The molecular weight excluding hydrogens is 974 g/mol. The Balaban J connectivity index is 4.42. The van der Waals surface area contributed by atoms with Crippen molar-refractivity contribution in [3.05, 3.63) is 0 Å². The van der Waals surface area contributed by atoms with Crippen LogP contribution in [0, 0.1) is 10.8 Å². The third-order valence-corrected chi connectivity index (χ3v) is 11.3. The fourth-order valence-corrected chi connectivity index (χ4v) is 8.53. The largest absolute Gasteiger partial charge is 0.463 e. The number of rotatable bonds is 33. The summed E-state index contributed by atoms with van der Waals surface area (Å²) in [5, 5.41) is 4.29. The molecule has 0 fully saturated rings. The van der Waals surface area contributed by atoms with Gasteiger partial charge in [0.05, 0.1) is 37.3 Å². The second-order valence-corrected chi connectivity index (χ2v) is 22.0. The Hall–Kier alpha value is -2.52. The molecule has 2 N–H and O–H groups in total. The van der Waals surface area contributed by atoms with Crippen LogP contribution in [0.3, 0.4) is 0 Å². The Morgan fingerprint density at radius 1 is 0.469 bits per heavy atom. The molecule has 16 nitrogen and oxygen atoms in total. The Labute approximate surface area is 397 Å². The first-order valence-electron chi connectivity index (χ1n) is 22.0. The van der Waals surface area contributed by atoms with E-state index in [0.717, 1.165) is 0 Å². The van der Waals surface area contributed by atoms with Gasteiger partial charge in [-0.15, -0.1) is 0 Å². The Bertz CT molecular complexity index is 1350. The molecule has 0 saturated carbocycles. The lowest BCUT2D eigenvalue weighted by Gasteiger charge is -2.32. The molecular formula is C44H78Br2F2N4O12. The highest BCUT2D eigenvalue weighted by molar-refractivity contribution is 9.10. The first kappa shape index (κ1) is 61.5. The van der Waals surface area contributed by atoms with E-state index in [1.54, 1.807) is 41.5 Å². The molecule has 20 heteroatoms. The van der Waals surface area contributed by atoms with Crippen LogP contribution in [0.1, 0.15) is 110 Å². The van der Waals surface area contributed by atoms with E-state index >= 15 is 0 Å². The molecule has 0 aromatic heterocycles. The number of ether oxygens (including phenoxy) is 6. The van der Waals surface area contributed by atoms with E-state index in [1.807, 2.05) is 0 Å². The molecule has 4 unspecified atom stereocenters. The SMILES string of the molecule is CC(C)N(CCOC(=O)C(C)(Br)CC(C)(C)C(=O)OCCOCCNC(=O)C(F)C(F)C(=O)NCCOCCOC(=O)C(C)(C)CC(C)(Br)C(=O)OCCN(C(C)C)C(C)C)C(C)C. The molecule has 2 amide bonds. The molecule has 0 radical (unpaired) electrons. The van der Waals surface area contributed by atoms with Gasteiger partial charge in [0.2, 0.25) is 12.3 Å². The minimum atomic E-state index is -2.79. The van der Waals surface area contributed by atoms with E-state index in [2.05, 4.69) is 108 Å². The standard InChI is InChI=1S/C44H78Br2F2N4O12/c1-29(2)51(30(3)4)17-21-61-39(57)43(13,45)27-41(9,10)37(55)63-25-23-59-19-15-49-35(53)33(47)34(48)36(54)50-16-20-60-24-26-64-38(56)42(11,12)28-44(14,46)40(58)62-22-18-52(31(5)6)32(7)8/h29-34H,15-28H2,1-14H3,(H,49,53)(H,50,54). The lowest BCUT2D eigenvalue weighted by molar-refractivity contribution is -0.159. The summed E-state index contributed by atoms with van der Waals surface area (Å²) in [5.41, 5.74) is -2.14. The van der Waals surface area contributed by atoms with Gasteiger partial charge in [0, 0.05) is 50.3 Å². The van der Waals surface area contributed by atoms with Crippen molar-refractivity contribution in [2.45, 2.75) is 155 Å². The predicted molar refractivity (Wildman–Crippen MR) is 247 cm³/mol. The Kier molecular flexibility index (Phi) is 28.1. The third-order valence-electron chi connectivity index (χ3n) is 10.1. The Morgan fingerprint density at radius 3 is 1.03 bits per heavy atom. The lowest BCUT2D eigenvalue weighted by atomic mass is 9.83. The molecule has 0 aliphatic carbocycles. The minimum Gasteiger partial charge on any atom is -0.463 e. The number of nitrogens with zero attached hydrogens (tertiary/aromatic N) is 2. The molecule has 0 spiro atoms. The van der Waals surface area contributed by atoms with Gasteiger partial charge in [-0.05, 0) is 110 Å². The summed E-state index contributed by atoms with van der Waals surface area (Å²) < 4.78 is 58.8. The van der Waals surface area contributed by atoms with Crippen LogP contribution in [0.2, 0.25) is 0 Å². The molecule has 0 bridgehead atoms. The molecule has 0 rings (SSSR count). The number of nitrogens with one attached hydrogen (secondary N) is 2. The van der Waals surface area contributed by atoms with Gasteiger partial charge >= 0.3 is 23.9 Å². The van der Waals surface area contributed by atoms with Crippen LogP contribution >= 0.6 is 31.9 Å². The van der Waals surface area contributed by atoms with Crippen molar-refractivity contribution in [1.29, 1.82) is 0 Å². The summed E-state index contributed by atoms with van der Waals surface area (Å²) in [6.07, 6.45) is -5.40. The number of amides is 2. The van der Waals surface area contributed by atoms with Gasteiger partial charge in [-0.2, -0.15) is 0 Å². The second-order valence-electron chi connectivity index (χ2n) is 18.5. The molecule has 64 heavy (non-hydrogen) atoms. The second kappa shape index (κ2) is 29.3. The van der Waals surface area contributed by atoms with E-state index < -0.39 is 67.5 Å². The van der Waals surface area contributed by atoms with Gasteiger partial charge < -0.3 is 39.1 Å². The smallest absolute Gasteiger partial charge is 0.322 e. The van der Waals surface area contributed by atoms with Gasteiger partial charge in [0.15, 0.2) is 0 Å². The zero-order valence-corrected chi connectivity index (χ0v) is 43.8. The monoisotopic (exact) mass is 1050 g/mol. The van der Waals surface area contributed by atoms with Gasteiger partial charge in [-0.1, -0.05) is 31.9 Å². The first-order chi connectivity index (χ1) is 29.4. The van der Waals surface area contributed by atoms with Gasteiger partial charge in [-0.25, -0.2) is 8.78 Å². The highest BCUT2D eigenvalue weighted by atomic mass is 79.9. The molecule has 0 aliphatic heterocycles. The van der Waals surface area contributed by atoms with Crippen molar-refractivity contribution < 1.29 is 66.0 Å². The minimum absolute atomic E-state index is 0.0608. The van der Waals surface area contributed by atoms with Crippen LogP contribution in [0.4, 0.5) is 8.78 Å². The van der Waals surface area contributed by atoms with Crippen LogP contribution in [-0.2, 0) is 57.2 Å². The van der Waals surface area contributed by atoms with Crippen LogP contribution in [0.15, 0.2) is 0 Å². The van der Waals surface area contributed by atoms with E-state index in [1.165, 1.54) is 0 Å². The van der Waals surface area contributed by atoms with Gasteiger partial charge in [0.25, 0.3) is 11.8 Å². The van der Waals surface area contributed by atoms with E-state index in [9.17, 15) is 37.5 Å². The highest BCUT2D eigenvalue weighted by Gasteiger charge is 2.44. The summed E-state index contributed by atoms with van der Waals surface area (Å²) in [6.45, 7) is 26.9. The highest BCUT2D eigenvalue weighted by Crippen LogP contribution is 2.37. The molecule has 0 aromatic carbocycles. The van der Waals surface area contributed by atoms with Crippen LogP contribution in [-0.4, -0.2) is 170 Å². The number of alkyl halides is 4. The quantitative estimate of drug-likeness (QED) is 0.0364. The van der Waals surface area contributed by atoms with Crippen LogP contribution < -0.4 is 10.6 Å². The number of carbonyl (C=O) groups is 6. The van der Waals surface area contributed by atoms with Crippen molar-refractivity contribution in [1.82, 2.24) is 20.4 Å². The van der Waals surface area contributed by atoms with Crippen molar-refractivity contribution >= 4 is 67.6 Å². The number of hydrogen-bond donors (Lipinski definition) is 2. The maximum atomic E-state index is 14.4. The number of hydrogen-bond acceptors (Lipinski definition) is 14. The fraction of sp³-hybridized carbons (Fsp3) is 0.864. The fourth-order valence-electron chi connectivity index (χ4n) is 6.90. The molecule has 0 heterocycles. The number of carbonyl (C=O) groups excluding carboxylic acids is 6. The van der Waals surface area contributed by atoms with Crippen molar-refractivity contribution in [3.63, 3.8) is 0 Å². The average Bonchev–Trinajstić information content (AvgIpc) is 3.17. The van der Waals surface area contributed by atoms with E-state index in [-0.39, 0.29) is 103 Å². The molecule has 0 aromatic rings. The topological polar surface area (TPSA) is 188 Å². The molecule has 0 saturated heterocycles.